The number of benzene rings is 2. The number of nitrogens with one attached hydrogen (secondary N) is 1. The molecule has 1 amide bonds. The van der Waals surface area contributed by atoms with Crippen molar-refractivity contribution >= 4 is 40.2 Å². The van der Waals surface area contributed by atoms with Crippen LogP contribution in [0.5, 0.6) is 0 Å². The first-order chi connectivity index (χ1) is 16.0. The van der Waals surface area contributed by atoms with Crippen LogP contribution >= 0.6 is 23.4 Å². The fourth-order valence-electron chi connectivity index (χ4n) is 4.05. The molecule has 2 aromatic carbocycles. The van der Waals surface area contributed by atoms with Gasteiger partial charge in [-0.15, -0.1) is 6.58 Å². The number of amides is 1. The van der Waals surface area contributed by atoms with Gasteiger partial charge in [-0.1, -0.05) is 59.8 Å². The Morgan fingerprint density at radius 1 is 1.21 bits per heavy atom. The number of aromatic nitrogens is 2. The van der Waals surface area contributed by atoms with Gasteiger partial charge in [0.25, 0.3) is 5.56 Å². The summed E-state index contributed by atoms with van der Waals surface area (Å²) in [7, 11) is 0. The molecule has 0 bridgehead atoms. The van der Waals surface area contributed by atoms with E-state index in [1.165, 1.54) is 17.3 Å². The minimum atomic E-state index is -0.162. The Bertz CT molecular complexity index is 1190. The Balaban J connectivity index is 1.34. The summed E-state index contributed by atoms with van der Waals surface area (Å²) in [4.78, 5) is 32.5. The number of nitrogens with zero attached hydrogens (tertiary/aromatic N) is 3. The Morgan fingerprint density at radius 2 is 1.97 bits per heavy atom. The van der Waals surface area contributed by atoms with Crippen LogP contribution in [0, 0.1) is 0 Å². The second-order valence-electron chi connectivity index (χ2n) is 8.15. The molecular formula is C25H27ClN4O2S. The fourth-order valence-corrected chi connectivity index (χ4v) is 5.04. The zero-order valence-corrected chi connectivity index (χ0v) is 19.9. The molecule has 0 aliphatic carbocycles. The number of fused-ring (bicyclic) bond motifs is 1. The minimum Gasteiger partial charge on any atom is -0.353 e. The first-order valence-corrected chi connectivity index (χ1v) is 12.4. The van der Waals surface area contributed by atoms with E-state index in [1.807, 2.05) is 6.07 Å². The van der Waals surface area contributed by atoms with Gasteiger partial charge < -0.3 is 5.32 Å². The molecule has 4 rings (SSSR count). The van der Waals surface area contributed by atoms with E-state index in [9.17, 15) is 9.59 Å². The number of hydrogen-bond donors (Lipinski definition) is 1. The van der Waals surface area contributed by atoms with Crippen molar-refractivity contribution in [3.05, 3.63) is 82.1 Å². The third kappa shape index (κ3) is 6.05. The van der Waals surface area contributed by atoms with Gasteiger partial charge in [0.05, 0.1) is 16.7 Å². The minimum absolute atomic E-state index is 0.0490. The molecule has 6 nitrogen and oxygen atoms in total. The van der Waals surface area contributed by atoms with Gasteiger partial charge in [-0.25, -0.2) is 4.98 Å². The predicted octanol–water partition coefficient (Wildman–Crippen LogP) is 4.11. The van der Waals surface area contributed by atoms with Crippen LogP contribution in [0.1, 0.15) is 18.4 Å². The van der Waals surface area contributed by atoms with Crippen molar-refractivity contribution in [2.75, 3.05) is 18.8 Å². The molecule has 2 heterocycles. The second kappa shape index (κ2) is 11.0. The van der Waals surface area contributed by atoms with E-state index < -0.39 is 0 Å². The highest BCUT2D eigenvalue weighted by Crippen LogP contribution is 2.21. The van der Waals surface area contributed by atoms with Gasteiger partial charge in [-0.05, 0) is 36.6 Å². The van der Waals surface area contributed by atoms with Crippen molar-refractivity contribution < 1.29 is 4.79 Å². The standard InChI is InChI=1S/C25H27ClN4O2S/c1-2-12-30-24(32)21-9-8-19(26)15-22(21)28-25(30)33-17-23(31)27-20-10-13-29(14-11-20)16-18-6-4-3-5-7-18/h2-9,15,20H,1,10-14,16-17H2,(H,27,31). The van der Waals surface area contributed by atoms with Gasteiger partial charge in [0, 0.05) is 37.2 Å². The van der Waals surface area contributed by atoms with Crippen LogP contribution in [0.25, 0.3) is 10.9 Å². The lowest BCUT2D eigenvalue weighted by atomic mass is 10.0. The first kappa shape index (κ1) is 23.5. The summed E-state index contributed by atoms with van der Waals surface area (Å²) >= 11 is 7.34. The van der Waals surface area contributed by atoms with Crippen LogP contribution in [0.15, 0.2) is 71.1 Å². The molecule has 0 saturated carbocycles. The summed E-state index contributed by atoms with van der Waals surface area (Å²) in [5, 5.41) is 4.65. The van der Waals surface area contributed by atoms with Crippen LogP contribution in [-0.2, 0) is 17.9 Å². The maximum atomic E-state index is 12.9. The Labute approximate surface area is 202 Å². The van der Waals surface area contributed by atoms with E-state index in [1.54, 1.807) is 28.8 Å². The Kier molecular flexibility index (Phi) is 7.85. The molecule has 1 aliphatic rings. The molecule has 1 aliphatic heterocycles. The molecule has 0 spiro atoms. The molecule has 0 radical (unpaired) electrons. The van der Waals surface area contributed by atoms with Crippen LogP contribution < -0.4 is 10.9 Å². The van der Waals surface area contributed by atoms with Crippen molar-refractivity contribution in [2.45, 2.75) is 37.1 Å². The lowest BCUT2D eigenvalue weighted by Crippen LogP contribution is -2.44. The number of likely N-dealkylation sites (tertiary alicyclic amines) is 1. The zero-order chi connectivity index (χ0) is 23.2. The van der Waals surface area contributed by atoms with Gasteiger partial charge >= 0.3 is 0 Å². The highest BCUT2D eigenvalue weighted by molar-refractivity contribution is 7.99. The summed E-state index contributed by atoms with van der Waals surface area (Å²) in [6.07, 6.45) is 3.51. The largest absolute Gasteiger partial charge is 0.353 e. The topological polar surface area (TPSA) is 67.2 Å². The normalized spacial score (nSPS) is 14.9. The molecule has 172 valence electrons. The van der Waals surface area contributed by atoms with Gasteiger partial charge in [0.1, 0.15) is 0 Å². The highest BCUT2D eigenvalue weighted by Gasteiger charge is 2.21. The van der Waals surface area contributed by atoms with E-state index in [0.717, 1.165) is 32.5 Å². The maximum Gasteiger partial charge on any atom is 0.262 e. The number of thioether (sulfide) groups is 1. The van der Waals surface area contributed by atoms with Crippen molar-refractivity contribution in [2.24, 2.45) is 0 Å². The quantitative estimate of drug-likeness (QED) is 0.297. The third-order valence-electron chi connectivity index (χ3n) is 5.73. The van der Waals surface area contributed by atoms with Gasteiger partial charge in [-0.2, -0.15) is 0 Å². The molecular weight excluding hydrogens is 456 g/mol. The maximum absolute atomic E-state index is 12.9. The van der Waals surface area contributed by atoms with Gasteiger partial charge in [0.15, 0.2) is 5.16 Å². The van der Waals surface area contributed by atoms with Crippen molar-refractivity contribution in [1.29, 1.82) is 0 Å². The summed E-state index contributed by atoms with van der Waals surface area (Å²) in [5.74, 6) is 0.145. The van der Waals surface area contributed by atoms with E-state index in [2.05, 4.69) is 46.0 Å². The molecule has 8 heteroatoms. The number of allylic oxidation sites excluding steroid dienone is 1. The van der Waals surface area contributed by atoms with E-state index in [-0.39, 0.29) is 23.3 Å². The number of carbonyl (C=O) groups excluding carboxylic acids is 1. The molecule has 1 fully saturated rings. The molecule has 0 unspecified atom stereocenters. The van der Waals surface area contributed by atoms with Crippen molar-refractivity contribution in [3.63, 3.8) is 0 Å². The molecule has 1 aromatic heterocycles. The zero-order valence-electron chi connectivity index (χ0n) is 18.4. The van der Waals surface area contributed by atoms with Crippen molar-refractivity contribution in [1.82, 2.24) is 19.8 Å². The highest BCUT2D eigenvalue weighted by atomic mass is 35.5. The Hall–Kier alpha value is -2.61. The monoisotopic (exact) mass is 482 g/mol. The second-order valence-corrected chi connectivity index (χ2v) is 9.53. The van der Waals surface area contributed by atoms with Crippen LogP contribution in [0.2, 0.25) is 5.02 Å². The number of halogens is 1. The lowest BCUT2D eigenvalue weighted by Gasteiger charge is -2.32. The first-order valence-electron chi connectivity index (χ1n) is 11.0. The fraction of sp³-hybridized carbons (Fsp3) is 0.320. The van der Waals surface area contributed by atoms with Gasteiger partial charge in [-0.3, -0.25) is 19.1 Å². The average Bonchev–Trinajstić information content (AvgIpc) is 2.81. The van der Waals surface area contributed by atoms with Crippen molar-refractivity contribution in [3.8, 4) is 0 Å². The van der Waals surface area contributed by atoms with Crippen LogP contribution in [-0.4, -0.2) is 45.2 Å². The van der Waals surface area contributed by atoms with E-state index in [0.29, 0.717) is 27.6 Å². The summed E-state index contributed by atoms with van der Waals surface area (Å²) in [6, 6.07) is 15.6. The molecule has 0 atom stereocenters. The third-order valence-corrected chi connectivity index (χ3v) is 6.94. The van der Waals surface area contributed by atoms with Crippen LogP contribution in [0.4, 0.5) is 0 Å². The SMILES string of the molecule is C=CCn1c(SCC(=O)NC2CCN(Cc3ccccc3)CC2)nc2cc(Cl)ccc2c1=O. The smallest absolute Gasteiger partial charge is 0.262 e. The molecule has 33 heavy (non-hydrogen) atoms. The summed E-state index contributed by atoms with van der Waals surface area (Å²) in [6.45, 7) is 6.92. The number of hydrogen-bond acceptors (Lipinski definition) is 5. The number of piperidine rings is 1. The summed E-state index contributed by atoms with van der Waals surface area (Å²) in [5.41, 5.74) is 1.68. The predicted molar refractivity (Wildman–Crippen MR) is 135 cm³/mol. The summed E-state index contributed by atoms with van der Waals surface area (Å²) < 4.78 is 1.54. The molecule has 1 saturated heterocycles. The molecule has 3 aromatic rings. The van der Waals surface area contributed by atoms with E-state index in [4.69, 9.17) is 11.6 Å². The van der Waals surface area contributed by atoms with Crippen LogP contribution in [0.3, 0.4) is 0 Å². The molecule has 1 N–H and O–H groups in total. The number of carbonyl (C=O) groups is 1. The van der Waals surface area contributed by atoms with Gasteiger partial charge in [0.2, 0.25) is 5.91 Å². The Morgan fingerprint density at radius 3 is 2.70 bits per heavy atom. The number of rotatable bonds is 8. The van der Waals surface area contributed by atoms with E-state index >= 15 is 0 Å². The lowest BCUT2D eigenvalue weighted by molar-refractivity contribution is -0.119. The average molecular weight is 483 g/mol.